The van der Waals surface area contributed by atoms with Gasteiger partial charge >= 0.3 is 0 Å². The molecule has 0 fully saturated rings. The quantitative estimate of drug-likeness (QED) is 0.187. The first-order chi connectivity index (χ1) is 26.7. The molecule has 2 unspecified atom stereocenters. The van der Waals surface area contributed by atoms with Crippen molar-refractivity contribution in [2.45, 2.75) is 12.3 Å². The molecule has 2 N–H and O–H groups in total. The highest BCUT2D eigenvalue weighted by molar-refractivity contribution is 7.25. The zero-order valence-electron chi connectivity index (χ0n) is 29.3. The first-order valence-electron chi connectivity index (χ1n) is 18.4. The maximum Gasteiger partial charge on any atom is 0.131 e. The van der Waals surface area contributed by atoms with Crippen molar-refractivity contribution < 1.29 is 0 Å². The number of amidine groups is 1. The van der Waals surface area contributed by atoms with Gasteiger partial charge in [0.1, 0.15) is 18.2 Å². The van der Waals surface area contributed by atoms with E-state index in [2.05, 4.69) is 197 Å². The Morgan fingerprint density at radius 1 is 0.500 bits per heavy atom. The van der Waals surface area contributed by atoms with Crippen LogP contribution in [0.3, 0.4) is 0 Å². The maximum atomic E-state index is 5.35. The number of rotatable bonds is 5. The van der Waals surface area contributed by atoms with Crippen molar-refractivity contribution in [1.82, 2.24) is 15.2 Å². The van der Waals surface area contributed by atoms with E-state index >= 15 is 0 Å². The van der Waals surface area contributed by atoms with E-state index in [9.17, 15) is 0 Å². The minimum Gasteiger partial charge on any atom is -0.350 e. The van der Waals surface area contributed by atoms with E-state index in [4.69, 9.17) is 4.99 Å². The summed E-state index contributed by atoms with van der Waals surface area (Å²) in [4.78, 5) is 5.35. The van der Waals surface area contributed by atoms with E-state index in [1.54, 1.807) is 0 Å². The van der Waals surface area contributed by atoms with Crippen molar-refractivity contribution >= 4 is 69.9 Å². The van der Waals surface area contributed by atoms with Crippen molar-refractivity contribution in [1.29, 1.82) is 0 Å². The Labute approximate surface area is 316 Å². The number of hydrogen-bond donors (Lipinski definition) is 2. The number of thiophene rings is 1. The van der Waals surface area contributed by atoms with Crippen LogP contribution in [0.15, 0.2) is 187 Å². The number of benzene rings is 8. The van der Waals surface area contributed by atoms with Crippen molar-refractivity contribution in [3.8, 4) is 16.8 Å². The molecule has 4 nitrogen and oxygen atoms in total. The molecule has 0 saturated carbocycles. The van der Waals surface area contributed by atoms with Crippen LogP contribution < -0.4 is 10.6 Å². The Morgan fingerprint density at radius 2 is 1.20 bits per heavy atom. The standard InChI is InChI=1S/C49H34N4S/c1-3-13-31(14-4-1)33-19-11-20-37(27-33)53-43-30-35-18-8-7-17-34(35)28-41(43)39-22-12-23-40(46(39)53)49-51-47(32-15-5-2-6-16-32)50-48(52-49)36-25-26-45-42(29-36)38-21-9-10-24-44(38)54-45/h1-30,47,49,51H,(H,50,52). The zero-order valence-corrected chi connectivity index (χ0v) is 30.1. The van der Waals surface area contributed by atoms with Crippen LogP contribution in [0.5, 0.6) is 0 Å². The van der Waals surface area contributed by atoms with Gasteiger partial charge in [-0.3, -0.25) is 5.32 Å². The number of nitrogens with one attached hydrogen (secondary N) is 2. The van der Waals surface area contributed by atoms with Gasteiger partial charge in [-0.1, -0.05) is 133 Å². The summed E-state index contributed by atoms with van der Waals surface area (Å²) < 4.78 is 5.05. The normalized spacial score (nSPS) is 16.0. The molecule has 2 atom stereocenters. The molecule has 3 heterocycles. The minimum atomic E-state index is -0.251. The van der Waals surface area contributed by atoms with Crippen molar-refractivity contribution in [2.24, 2.45) is 4.99 Å². The molecule has 0 aliphatic carbocycles. The summed E-state index contributed by atoms with van der Waals surface area (Å²) in [5.41, 5.74) is 9.22. The lowest BCUT2D eigenvalue weighted by Crippen LogP contribution is -2.45. The van der Waals surface area contributed by atoms with Crippen LogP contribution >= 0.6 is 11.3 Å². The fourth-order valence-corrected chi connectivity index (χ4v) is 9.37. The van der Waals surface area contributed by atoms with E-state index < -0.39 is 0 Å². The fourth-order valence-electron chi connectivity index (χ4n) is 8.28. The molecule has 11 rings (SSSR count). The van der Waals surface area contributed by atoms with Crippen molar-refractivity contribution in [3.05, 3.63) is 199 Å². The third kappa shape index (κ3) is 5.12. The van der Waals surface area contributed by atoms with Gasteiger partial charge in [-0.2, -0.15) is 0 Å². The smallest absolute Gasteiger partial charge is 0.131 e. The summed E-state index contributed by atoms with van der Waals surface area (Å²) in [6.45, 7) is 0. The van der Waals surface area contributed by atoms with E-state index in [0.29, 0.717) is 0 Å². The monoisotopic (exact) mass is 710 g/mol. The number of aromatic nitrogens is 1. The van der Waals surface area contributed by atoms with Gasteiger partial charge < -0.3 is 9.88 Å². The van der Waals surface area contributed by atoms with E-state index in [1.807, 2.05) is 11.3 Å². The molecule has 0 radical (unpaired) electrons. The molecular weight excluding hydrogens is 677 g/mol. The molecule has 0 bridgehead atoms. The largest absolute Gasteiger partial charge is 0.350 e. The second-order valence-corrected chi connectivity index (χ2v) is 15.1. The van der Waals surface area contributed by atoms with Crippen molar-refractivity contribution in [3.63, 3.8) is 0 Å². The number of nitrogens with zero attached hydrogens (tertiary/aromatic N) is 2. The lowest BCUT2D eigenvalue weighted by molar-refractivity contribution is 0.410. The summed E-state index contributed by atoms with van der Waals surface area (Å²) >= 11 is 1.84. The second kappa shape index (κ2) is 12.6. The van der Waals surface area contributed by atoms with E-state index in [-0.39, 0.29) is 12.3 Å². The summed E-state index contributed by atoms with van der Waals surface area (Å²) in [5, 5.41) is 15.3. The lowest BCUT2D eigenvalue weighted by Gasteiger charge is -2.33. The number of hydrogen-bond acceptors (Lipinski definition) is 4. The lowest BCUT2D eigenvalue weighted by atomic mass is 10.0. The average Bonchev–Trinajstić information content (AvgIpc) is 3.78. The van der Waals surface area contributed by atoms with Gasteiger partial charge in [0.15, 0.2) is 0 Å². The summed E-state index contributed by atoms with van der Waals surface area (Å²) in [6, 6.07) is 65.7. The van der Waals surface area contributed by atoms with Crippen LogP contribution in [0.25, 0.3) is 69.6 Å². The average molecular weight is 711 g/mol. The van der Waals surface area contributed by atoms with Gasteiger partial charge in [0.25, 0.3) is 0 Å². The highest BCUT2D eigenvalue weighted by atomic mass is 32.1. The van der Waals surface area contributed by atoms with Gasteiger partial charge in [0, 0.05) is 47.8 Å². The summed E-state index contributed by atoms with van der Waals surface area (Å²) in [6.07, 6.45) is -0.490. The third-order valence-electron chi connectivity index (χ3n) is 10.8. The minimum absolute atomic E-state index is 0.240. The molecule has 256 valence electrons. The highest BCUT2D eigenvalue weighted by Crippen LogP contribution is 2.40. The van der Waals surface area contributed by atoms with Crippen LogP contribution in [0, 0.1) is 0 Å². The van der Waals surface area contributed by atoms with Crippen LogP contribution in [-0.2, 0) is 0 Å². The molecule has 54 heavy (non-hydrogen) atoms. The first-order valence-corrected chi connectivity index (χ1v) is 19.3. The Hall–Kier alpha value is -6.53. The van der Waals surface area contributed by atoms with Crippen LogP contribution in [-0.4, -0.2) is 10.4 Å². The van der Waals surface area contributed by atoms with Crippen molar-refractivity contribution in [2.75, 3.05) is 0 Å². The Morgan fingerprint density at radius 3 is 2.07 bits per heavy atom. The predicted molar refractivity (Wildman–Crippen MR) is 228 cm³/mol. The van der Waals surface area contributed by atoms with Crippen LogP contribution in [0.2, 0.25) is 0 Å². The molecule has 1 aliphatic rings. The zero-order chi connectivity index (χ0) is 35.6. The molecule has 0 saturated heterocycles. The number of fused-ring (bicyclic) bond motifs is 7. The fraction of sp³-hybridized carbons (Fsp3) is 0.0408. The van der Waals surface area contributed by atoms with Gasteiger partial charge in [0.2, 0.25) is 0 Å². The highest BCUT2D eigenvalue weighted by Gasteiger charge is 2.29. The predicted octanol–water partition coefficient (Wildman–Crippen LogP) is 12.3. The summed E-state index contributed by atoms with van der Waals surface area (Å²) in [5.74, 6) is 0.876. The number of aliphatic imine (C=N–C) groups is 1. The second-order valence-electron chi connectivity index (χ2n) is 14.1. The molecule has 10 aromatic rings. The molecule has 2 aromatic heterocycles. The van der Waals surface area contributed by atoms with Gasteiger partial charge in [-0.15, -0.1) is 11.3 Å². The van der Waals surface area contributed by atoms with Gasteiger partial charge in [-0.25, -0.2) is 4.99 Å². The van der Waals surface area contributed by atoms with Crippen LogP contribution in [0.4, 0.5) is 0 Å². The molecular formula is C49H34N4S. The van der Waals surface area contributed by atoms with Gasteiger partial charge in [-0.05, 0) is 76.0 Å². The maximum absolute atomic E-state index is 5.35. The Balaban J connectivity index is 1.13. The van der Waals surface area contributed by atoms with E-state index in [0.717, 1.165) is 28.2 Å². The third-order valence-corrected chi connectivity index (χ3v) is 12.0. The summed E-state index contributed by atoms with van der Waals surface area (Å²) in [7, 11) is 0. The van der Waals surface area contributed by atoms with E-state index in [1.165, 1.54) is 63.9 Å². The molecule has 8 aromatic carbocycles. The molecule has 0 amide bonds. The van der Waals surface area contributed by atoms with Crippen LogP contribution in [0.1, 0.15) is 29.0 Å². The Bertz CT molecular complexity index is 3070. The molecule has 0 spiro atoms. The number of para-hydroxylation sites is 1. The first kappa shape index (κ1) is 31.0. The Kier molecular flexibility index (Phi) is 7.22. The SMILES string of the molecule is c1ccc(-c2cccc(-n3c4cc5ccccc5cc4c4cccc(C5NC(c6ccc7sc8ccccc8c7c6)=NC(c6ccccc6)N5)c43)c2)cc1. The molecule has 5 heteroatoms. The molecule has 1 aliphatic heterocycles. The topological polar surface area (TPSA) is 41.4 Å². The van der Waals surface area contributed by atoms with Gasteiger partial charge in [0.05, 0.1) is 11.0 Å².